The van der Waals surface area contributed by atoms with Gasteiger partial charge in [0.05, 0.1) is 10.6 Å². The summed E-state index contributed by atoms with van der Waals surface area (Å²) in [6.45, 7) is 2.77. The van der Waals surface area contributed by atoms with Gasteiger partial charge in [-0.15, -0.1) is 11.3 Å². The third kappa shape index (κ3) is 5.35. The average Bonchev–Trinajstić information content (AvgIpc) is 3.05. The summed E-state index contributed by atoms with van der Waals surface area (Å²) in [5.41, 5.74) is 6.51. The fourth-order valence-electron chi connectivity index (χ4n) is 3.76. The lowest BCUT2D eigenvalue weighted by Gasteiger charge is -2.20. The maximum absolute atomic E-state index is 12.9. The molecule has 1 aliphatic rings. The monoisotopic (exact) mass is 498 g/mol. The smallest absolute Gasteiger partial charge is 0.267 e. The van der Waals surface area contributed by atoms with Crippen LogP contribution in [0.15, 0.2) is 59.5 Å². The third-order valence-corrected chi connectivity index (χ3v) is 8.75. The summed E-state index contributed by atoms with van der Waals surface area (Å²) in [6, 6.07) is 15.3. The molecule has 10 heteroatoms. The van der Waals surface area contributed by atoms with Crippen molar-refractivity contribution in [2.45, 2.75) is 37.5 Å². The van der Waals surface area contributed by atoms with Crippen molar-refractivity contribution < 1.29 is 18.0 Å². The Kier molecular flexibility index (Phi) is 7.40. The standard InChI is InChI=1S/C24H26N4O4S2/c1-17-21(33-24(25-17)19-9-5-4-6-10-19)23(30)27-26-22(29)18-11-13-20(14-12-18)34(31,32)28-15-7-2-3-8-16-28/h4-6,9-14H,2-3,7-8,15-16H2,1H3,(H,26,29)(H,27,30). The quantitative estimate of drug-likeness (QED) is 0.521. The van der Waals surface area contributed by atoms with E-state index in [1.165, 1.54) is 39.9 Å². The highest BCUT2D eigenvalue weighted by Gasteiger charge is 2.25. The summed E-state index contributed by atoms with van der Waals surface area (Å²) < 4.78 is 27.3. The first kappa shape index (κ1) is 24.1. The molecule has 2 N–H and O–H groups in total. The number of rotatable bonds is 5. The number of carbonyl (C=O) groups excluding carboxylic acids is 2. The van der Waals surface area contributed by atoms with Crippen molar-refractivity contribution in [1.82, 2.24) is 20.1 Å². The highest BCUT2D eigenvalue weighted by molar-refractivity contribution is 7.89. The average molecular weight is 499 g/mol. The number of hydrogen-bond donors (Lipinski definition) is 2. The molecule has 1 aromatic heterocycles. The van der Waals surface area contributed by atoms with Crippen LogP contribution >= 0.6 is 11.3 Å². The van der Waals surface area contributed by atoms with E-state index in [0.717, 1.165) is 36.3 Å². The molecule has 34 heavy (non-hydrogen) atoms. The zero-order valence-electron chi connectivity index (χ0n) is 18.8. The van der Waals surface area contributed by atoms with E-state index >= 15 is 0 Å². The minimum atomic E-state index is -3.59. The lowest BCUT2D eigenvalue weighted by Crippen LogP contribution is -2.41. The fourth-order valence-corrected chi connectivity index (χ4v) is 6.25. The van der Waals surface area contributed by atoms with E-state index in [1.54, 1.807) is 6.92 Å². The second kappa shape index (κ2) is 10.5. The molecule has 0 radical (unpaired) electrons. The van der Waals surface area contributed by atoms with Gasteiger partial charge in [-0.2, -0.15) is 4.31 Å². The van der Waals surface area contributed by atoms with E-state index in [1.807, 2.05) is 30.3 Å². The second-order valence-electron chi connectivity index (χ2n) is 8.05. The number of sulfonamides is 1. The molecule has 0 spiro atoms. The SMILES string of the molecule is Cc1nc(-c2ccccc2)sc1C(=O)NNC(=O)c1ccc(S(=O)(=O)N2CCCCCC2)cc1. The van der Waals surface area contributed by atoms with Crippen molar-refractivity contribution >= 4 is 33.2 Å². The van der Waals surface area contributed by atoms with Crippen molar-refractivity contribution in [2.75, 3.05) is 13.1 Å². The van der Waals surface area contributed by atoms with Crippen LogP contribution in [0.2, 0.25) is 0 Å². The Labute approximate surface area is 203 Å². The molecular weight excluding hydrogens is 472 g/mol. The Morgan fingerprint density at radius 2 is 1.50 bits per heavy atom. The van der Waals surface area contributed by atoms with Crippen LogP contribution < -0.4 is 10.9 Å². The normalized spacial score (nSPS) is 14.9. The molecule has 0 unspecified atom stereocenters. The molecule has 3 aromatic rings. The van der Waals surface area contributed by atoms with Crippen LogP contribution in [0.3, 0.4) is 0 Å². The number of aryl methyl sites for hydroxylation is 1. The van der Waals surface area contributed by atoms with E-state index in [9.17, 15) is 18.0 Å². The van der Waals surface area contributed by atoms with Gasteiger partial charge in [0, 0.05) is 24.2 Å². The predicted octanol–water partition coefficient (Wildman–Crippen LogP) is 3.76. The van der Waals surface area contributed by atoms with Gasteiger partial charge in [0.2, 0.25) is 10.0 Å². The number of amides is 2. The van der Waals surface area contributed by atoms with Crippen LogP contribution in [0.25, 0.3) is 10.6 Å². The Balaban J connectivity index is 1.39. The second-order valence-corrected chi connectivity index (χ2v) is 11.0. The number of nitrogens with zero attached hydrogens (tertiary/aromatic N) is 2. The zero-order chi connectivity index (χ0) is 24.1. The van der Waals surface area contributed by atoms with E-state index in [2.05, 4.69) is 15.8 Å². The molecule has 4 rings (SSSR count). The summed E-state index contributed by atoms with van der Waals surface area (Å²) in [6.07, 6.45) is 3.77. The van der Waals surface area contributed by atoms with E-state index < -0.39 is 21.8 Å². The van der Waals surface area contributed by atoms with Crippen LogP contribution in [0.4, 0.5) is 0 Å². The van der Waals surface area contributed by atoms with Gasteiger partial charge in [0.15, 0.2) is 0 Å². The maximum atomic E-state index is 12.9. The summed E-state index contributed by atoms with van der Waals surface area (Å²) in [7, 11) is -3.59. The Hall–Kier alpha value is -3.08. The molecule has 2 aromatic carbocycles. The number of nitrogens with one attached hydrogen (secondary N) is 2. The summed E-state index contributed by atoms with van der Waals surface area (Å²) >= 11 is 1.24. The highest BCUT2D eigenvalue weighted by Crippen LogP contribution is 2.27. The van der Waals surface area contributed by atoms with Gasteiger partial charge >= 0.3 is 0 Å². The molecule has 8 nitrogen and oxygen atoms in total. The highest BCUT2D eigenvalue weighted by atomic mass is 32.2. The lowest BCUT2D eigenvalue weighted by atomic mass is 10.2. The molecule has 1 fully saturated rings. The van der Waals surface area contributed by atoms with Gasteiger partial charge in [-0.3, -0.25) is 20.4 Å². The van der Waals surface area contributed by atoms with Crippen molar-refractivity contribution in [3.63, 3.8) is 0 Å². The fraction of sp³-hybridized carbons (Fsp3) is 0.292. The molecule has 1 aliphatic heterocycles. The van der Waals surface area contributed by atoms with Gasteiger partial charge in [0.1, 0.15) is 9.88 Å². The minimum absolute atomic E-state index is 0.156. The van der Waals surface area contributed by atoms with Crippen LogP contribution in [0.5, 0.6) is 0 Å². The number of carbonyl (C=O) groups is 2. The van der Waals surface area contributed by atoms with E-state index in [-0.39, 0.29) is 10.5 Å². The molecule has 0 atom stereocenters. The van der Waals surface area contributed by atoms with Crippen molar-refractivity contribution in [3.8, 4) is 10.6 Å². The number of thiazole rings is 1. The molecule has 2 amide bonds. The van der Waals surface area contributed by atoms with Gasteiger partial charge in [-0.25, -0.2) is 13.4 Å². The van der Waals surface area contributed by atoms with Crippen LogP contribution in [-0.4, -0.2) is 42.6 Å². The number of hydrogen-bond acceptors (Lipinski definition) is 6. The maximum Gasteiger partial charge on any atom is 0.281 e. The van der Waals surface area contributed by atoms with E-state index in [4.69, 9.17) is 0 Å². The van der Waals surface area contributed by atoms with Crippen LogP contribution in [0.1, 0.15) is 51.4 Å². The lowest BCUT2D eigenvalue weighted by molar-refractivity contribution is 0.0848. The van der Waals surface area contributed by atoms with E-state index in [0.29, 0.717) is 23.7 Å². The van der Waals surface area contributed by atoms with Crippen LogP contribution in [-0.2, 0) is 10.0 Å². The topological polar surface area (TPSA) is 108 Å². The largest absolute Gasteiger partial charge is 0.281 e. The third-order valence-electron chi connectivity index (χ3n) is 5.63. The van der Waals surface area contributed by atoms with Gasteiger partial charge in [0.25, 0.3) is 11.8 Å². The molecule has 0 aliphatic carbocycles. The summed E-state index contributed by atoms with van der Waals surface area (Å²) in [5, 5.41) is 0.718. The number of benzene rings is 2. The van der Waals surface area contributed by atoms with Crippen molar-refractivity contribution in [2.24, 2.45) is 0 Å². The molecule has 0 saturated carbocycles. The van der Waals surface area contributed by atoms with Crippen LogP contribution in [0, 0.1) is 6.92 Å². The first-order valence-electron chi connectivity index (χ1n) is 11.1. The Morgan fingerprint density at radius 3 is 2.15 bits per heavy atom. The summed E-state index contributed by atoms with van der Waals surface area (Å²) in [5.74, 6) is -1.01. The zero-order valence-corrected chi connectivity index (χ0v) is 20.4. The summed E-state index contributed by atoms with van der Waals surface area (Å²) in [4.78, 5) is 30.1. The first-order chi connectivity index (χ1) is 16.4. The molecule has 2 heterocycles. The molecule has 1 saturated heterocycles. The molecular formula is C24H26N4O4S2. The number of hydrazine groups is 1. The van der Waals surface area contributed by atoms with Crippen molar-refractivity contribution in [3.05, 3.63) is 70.7 Å². The van der Waals surface area contributed by atoms with Crippen molar-refractivity contribution in [1.29, 1.82) is 0 Å². The van der Waals surface area contributed by atoms with Gasteiger partial charge in [-0.1, -0.05) is 43.2 Å². The number of aromatic nitrogens is 1. The Morgan fingerprint density at radius 1 is 0.882 bits per heavy atom. The first-order valence-corrected chi connectivity index (χ1v) is 13.4. The minimum Gasteiger partial charge on any atom is -0.267 e. The van der Waals surface area contributed by atoms with Gasteiger partial charge < -0.3 is 0 Å². The molecule has 0 bridgehead atoms. The van der Waals surface area contributed by atoms with Gasteiger partial charge in [-0.05, 0) is 44.0 Å². The molecule has 178 valence electrons. The predicted molar refractivity (Wildman–Crippen MR) is 131 cm³/mol. The Bertz CT molecular complexity index is 1260.